The van der Waals surface area contributed by atoms with E-state index in [1.807, 2.05) is 43.3 Å². The van der Waals surface area contributed by atoms with Crippen LogP contribution < -0.4 is 26.6 Å². The third-order valence-corrected chi connectivity index (χ3v) is 15.7. The molecule has 8 N–H and O–H groups in total. The van der Waals surface area contributed by atoms with Gasteiger partial charge in [0.2, 0.25) is 41.4 Å². The number of aryl methyl sites for hydroxylation is 3. The van der Waals surface area contributed by atoms with Gasteiger partial charge in [0.1, 0.15) is 18.1 Å². The summed E-state index contributed by atoms with van der Waals surface area (Å²) in [6, 6.07) is 11.9. The van der Waals surface area contributed by atoms with Crippen LogP contribution >= 0.6 is 0 Å². The van der Waals surface area contributed by atoms with Gasteiger partial charge in [0.05, 0.1) is 38.8 Å². The van der Waals surface area contributed by atoms with Crippen molar-refractivity contribution >= 4 is 59.3 Å². The summed E-state index contributed by atoms with van der Waals surface area (Å²) in [6.45, 7) is 2.85. The predicted molar refractivity (Wildman–Crippen MR) is 302 cm³/mol. The van der Waals surface area contributed by atoms with Crippen molar-refractivity contribution in [1.82, 2.24) is 56.0 Å². The number of carboxylic acid groups (broad SMARTS) is 3. The van der Waals surface area contributed by atoms with Gasteiger partial charge in [0.25, 0.3) is 5.92 Å². The van der Waals surface area contributed by atoms with E-state index in [0.29, 0.717) is 25.7 Å². The molecule has 0 aromatic heterocycles. The Kier molecular flexibility index (Phi) is 25.5. The number of carbonyl (C=O) groups is 10. The minimum Gasteiger partial charge on any atom is -0.480 e. The van der Waals surface area contributed by atoms with Gasteiger partial charge < -0.3 is 51.7 Å². The van der Waals surface area contributed by atoms with Gasteiger partial charge in [-0.15, -0.1) is 0 Å². The number of nitriles is 1. The molecule has 2 aromatic rings. The molecule has 2 aromatic carbocycles. The number of hydrogen-bond donors (Lipinski definition) is 8. The number of fused-ring (bicyclic) bond motifs is 1. The molecule has 6 rings (SSSR count). The molecule has 7 amide bonds. The Labute approximate surface area is 492 Å². The van der Waals surface area contributed by atoms with Gasteiger partial charge in [-0.3, -0.25) is 67.5 Å². The maximum absolute atomic E-state index is 14.1. The van der Waals surface area contributed by atoms with Gasteiger partial charge >= 0.3 is 17.9 Å². The molecule has 4 aliphatic rings. The van der Waals surface area contributed by atoms with Crippen LogP contribution in [0.4, 0.5) is 8.78 Å². The van der Waals surface area contributed by atoms with Crippen LogP contribution in [0.25, 0.3) is 0 Å². The first-order valence-corrected chi connectivity index (χ1v) is 29.0. The van der Waals surface area contributed by atoms with Crippen molar-refractivity contribution in [2.75, 3.05) is 105 Å². The van der Waals surface area contributed by atoms with Crippen LogP contribution in [0.1, 0.15) is 85.6 Å². The van der Waals surface area contributed by atoms with Crippen molar-refractivity contribution in [3.05, 3.63) is 70.3 Å². The lowest BCUT2D eigenvalue weighted by atomic mass is 9.99. The normalized spacial score (nSPS) is 20.0. The molecule has 4 heterocycles. The SMILES string of the molecule is Cc1ccc(CCCC(=O)NCCNC(=O)C(CCCCNC(=O)CN2CCN(CC(=O)O)CCN(CC(=O)O)CCN(CC(=O)O)CC2)NC(=O)CCc2cccc3c2CN(C(=O)C[C@@H]2C[C@@H](C(=O)N4CC(F)(F)C[C@H]4C#N)NC2=O)C3)cc1. The minimum atomic E-state index is -3.23. The van der Waals surface area contributed by atoms with E-state index in [9.17, 15) is 77.3 Å². The fourth-order valence-electron chi connectivity index (χ4n) is 11.0. The first-order valence-electron chi connectivity index (χ1n) is 29.0. The molecular formula is C58H80F2N12O13. The fraction of sp³-hybridized carbons (Fsp3) is 0.603. The lowest BCUT2D eigenvalue weighted by Gasteiger charge is -2.32. The van der Waals surface area contributed by atoms with Crippen LogP contribution in [0.5, 0.6) is 0 Å². The van der Waals surface area contributed by atoms with E-state index in [1.54, 1.807) is 36.6 Å². The van der Waals surface area contributed by atoms with Crippen LogP contribution in [0.3, 0.4) is 0 Å². The summed E-state index contributed by atoms with van der Waals surface area (Å²) in [4.78, 5) is 137. The number of benzene rings is 2. The average molecular weight is 1190 g/mol. The summed E-state index contributed by atoms with van der Waals surface area (Å²) < 4.78 is 28.2. The second kappa shape index (κ2) is 32.6. The standard InChI is InChI=1S/C58H80F2N12O13/c1-39-11-13-40(14-12-39)6-4-10-48(73)63-18-19-64-56(84)46(9-2-3-17-62-50(75)34-67-20-22-68(35-52(77)78)24-26-70(37-54(81)82)27-25-69(23-21-67)36-53(79)80)65-49(74)16-15-41-7-5-8-42-32-71(33-45(41)42)51(76)29-43-28-47(66-55(43)83)57(85)72-38-58(59,60)30-44(72)31-61/h5,7-8,11-14,43-44,46-47H,2-4,6,9-10,15-30,32-38H2,1H3,(H,62,75)(H,63,73)(H,64,84)(H,65,74)(H,66,83)(H,77,78)(H,79,80)(H,81,82)/t43-,44-,46?,47-/m0/s1. The van der Waals surface area contributed by atoms with E-state index in [2.05, 4.69) is 26.6 Å². The fourth-order valence-corrected chi connectivity index (χ4v) is 11.0. The zero-order valence-electron chi connectivity index (χ0n) is 48.2. The zero-order chi connectivity index (χ0) is 61.6. The molecule has 0 saturated carbocycles. The molecule has 4 atom stereocenters. The molecule has 464 valence electrons. The maximum Gasteiger partial charge on any atom is 0.317 e. The van der Waals surface area contributed by atoms with Crippen molar-refractivity contribution in [2.24, 2.45) is 5.92 Å². The van der Waals surface area contributed by atoms with E-state index in [1.165, 1.54) is 0 Å². The van der Waals surface area contributed by atoms with Crippen LogP contribution in [-0.2, 0) is 73.9 Å². The lowest BCUT2D eigenvalue weighted by molar-refractivity contribution is -0.140. The van der Waals surface area contributed by atoms with E-state index < -0.39 is 84.5 Å². The molecule has 4 aliphatic heterocycles. The van der Waals surface area contributed by atoms with Crippen LogP contribution in [0.2, 0.25) is 0 Å². The Hall–Kier alpha value is -7.67. The summed E-state index contributed by atoms with van der Waals surface area (Å²) in [5, 5.41) is 51.9. The van der Waals surface area contributed by atoms with Crippen molar-refractivity contribution in [3.8, 4) is 6.07 Å². The highest BCUT2D eigenvalue weighted by atomic mass is 19.3. The molecular weight excluding hydrogens is 1110 g/mol. The highest BCUT2D eigenvalue weighted by Crippen LogP contribution is 2.34. The van der Waals surface area contributed by atoms with E-state index in [4.69, 9.17) is 0 Å². The number of likely N-dealkylation sites (tertiary alicyclic amines) is 1. The molecule has 0 bridgehead atoms. The number of amides is 7. The first-order chi connectivity index (χ1) is 40.5. The Morgan fingerprint density at radius 2 is 1.29 bits per heavy atom. The smallest absolute Gasteiger partial charge is 0.317 e. The van der Waals surface area contributed by atoms with Crippen molar-refractivity contribution in [2.45, 2.75) is 115 Å². The summed E-state index contributed by atoms with van der Waals surface area (Å²) in [5.41, 5.74) is 4.73. The highest BCUT2D eigenvalue weighted by molar-refractivity contribution is 5.95. The lowest BCUT2D eigenvalue weighted by Crippen LogP contribution is -2.49. The molecule has 0 spiro atoms. The number of nitrogens with one attached hydrogen (secondary N) is 5. The van der Waals surface area contributed by atoms with Gasteiger partial charge in [0.15, 0.2) is 0 Å². The number of carbonyl (C=O) groups excluding carboxylic acids is 7. The monoisotopic (exact) mass is 1190 g/mol. The number of unbranched alkanes of at least 4 members (excludes halogenated alkanes) is 1. The maximum atomic E-state index is 14.1. The number of hydrogen-bond acceptors (Lipinski definition) is 15. The van der Waals surface area contributed by atoms with Crippen molar-refractivity contribution in [3.63, 3.8) is 0 Å². The Morgan fingerprint density at radius 1 is 0.706 bits per heavy atom. The second-order valence-electron chi connectivity index (χ2n) is 22.4. The largest absolute Gasteiger partial charge is 0.480 e. The van der Waals surface area contributed by atoms with Crippen LogP contribution in [-0.4, -0.2) is 233 Å². The number of alkyl halides is 2. The molecule has 0 radical (unpaired) electrons. The van der Waals surface area contributed by atoms with Crippen molar-refractivity contribution in [1.29, 1.82) is 5.26 Å². The molecule has 3 saturated heterocycles. The Bertz CT molecular complexity index is 2720. The van der Waals surface area contributed by atoms with Gasteiger partial charge in [-0.1, -0.05) is 48.0 Å². The summed E-state index contributed by atoms with van der Waals surface area (Å²) in [7, 11) is 0. The van der Waals surface area contributed by atoms with Gasteiger partial charge in [-0.2, -0.15) is 5.26 Å². The molecule has 25 nitrogen and oxygen atoms in total. The Morgan fingerprint density at radius 3 is 1.89 bits per heavy atom. The summed E-state index contributed by atoms with van der Waals surface area (Å²) >= 11 is 0. The molecule has 27 heteroatoms. The topological polar surface area (TPSA) is 335 Å². The summed E-state index contributed by atoms with van der Waals surface area (Å²) in [5.74, 6) is -10.5. The number of rotatable bonds is 28. The minimum absolute atomic E-state index is 0.0298. The van der Waals surface area contributed by atoms with Crippen LogP contribution in [0, 0.1) is 24.2 Å². The molecule has 85 heavy (non-hydrogen) atoms. The first kappa shape index (κ1) is 66.5. The highest BCUT2D eigenvalue weighted by Gasteiger charge is 2.50. The third kappa shape index (κ3) is 22.0. The van der Waals surface area contributed by atoms with Gasteiger partial charge in [-0.05, 0) is 74.1 Å². The molecule has 0 aliphatic carbocycles. The average Bonchev–Trinajstić information content (AvgIpc) is 3.30. The van der Waals surface area contributed by atoms with Gasteiger partial charge in [0, 0.05) is 117 Å². The zero-order valence-corrected chi connectivity index (χ0v) is 48.2. The van der Waals surface area contributed by atoms with Crippen molar-refractivity contribution < 1.29 is 72.0 Å². The molecule has 1 unspecified atom stereocenters. The number of nitrogens with zero attached hydrogens (tertiary/aromatic N) is 7. The van der Waals surface area contributed by atoms with Crippen LogP contribution in [0.15, 0.2) is 42.5 Å². The Balaban J connectivity index is 1.00. The van der Waals surface area contributed by atoms with E-state index in [-0.39, 0.29) is 161 Å². The van der Waals surface area contributed by atoms with Gasteiger partial charge in [-0.25, -0.2) is 8.78 Å². The predicted octanol–water partition coefficient (Wildman–Crippen LogP) is -0.0736. The molecule has 3 fully saturated rings. The third-order valence-electron chi connectivity index (χ3n) is 15.7. The quantitative estimate of drug-likeness (QED) is 0.0517. The number of halogens is 2. The number of aliphatic carboxylic acids is 3. The number of carboxylic acids is 3. The van der Waals surface area contributed by atoms with E-state index >= 15 is 0 Å². The second-order valence-corrected chi connectivity index (χ2v) is 22.4. The van der Waals surface area contributed by atoms with E-state index in [0.717, 1.165) is 39.1 Å². The summed E-state index contributed by atoms with van der Waals surface area (Å²) in [6.07, 6.45) is 1.76.